The van der Waals surface area contributed by atoms with E-state index in [0.29, 0.717) is 22.0 Å². The van der Waals surface area contributed by atoms with Gasteiger partial charge in [-0.25, -0.2) is 4.39 Å². The molecular weight excluding hydrogens is 364 g/mol. The lowest BCUT2D eigenvalue weighted by Crippen LogP contribution is -2.13. The van der Waals surface area contributed by atoms with Crippen LogP contribution >= 0.6 is 23.2 Å². The monoisotopic (exact) mass is 377 g/mol. The summed E-state index contributed by atoms with van der Waals surface area (Å²) >= 11 is 11.9. The van der Waals surface area contributed by atoms with Crippen LogP contribution in [0.15, 0.2) is 48.5 Å². The van der Waals surface area contributed by atoms with E-state index in [2.05, 4.69) is 10.4 Å². The Morgan fingerprint density at radius 3 is 2.68 bits per heavy atom. The first-order valence-corrected chi connectivity index (χ1v) is 8.24. The molecule has 0 aliphatic rings. The predicted octanol–water partition coefficient (Wildman–Crippen LogP) is 4.94. The van der Waals surface area contributed by atoms with Crippen molar-refractivity contribution < 1.29 is 9.18 Å². The van der Waals surface area contributed by atoms with Crippen molar-refractivity contribution in [1.29, 1.82) is 0 Å². The van der Waals surface area contributed by atoms with E-state index in [1.807, 2.05) is 6.92 Å². The van der Waals surface area contributed by atoms with Crippen molar-refractivity contribution in [3.8, 4) is 0 Å². The first-order valence-electron chi connectivity index (χ1n) is 7.48. The van der Waals surface area contributed by atoms with Crippen LogP contribution in [0.1, 0.15) is 21.6 Å². The summed E-state index contributed by atoms with van der Waals surface area (Å²) < 4.78 is 15.4. The van der Waals surface area contributed by atoms with Crippen LogP contribution in [0.5, 0.6) is 0 Å². The predicted molar refractivity (Wildman–Crippen MR) is 96.9 cm³/mol. The Hall–Kier alpha value is -2.37. The highest BCUT2D eigenvalue weighted by atomic mass is 35.5. The highest BCUT2D eigenvalue weighted by molar-refractivity contribution is 6.37. The largest absolute Gasteiger partial charge is 0.305 e. The summed E-state index contributed by atoms with van der Waals surface area (Å²) in [5.74, 6) is -0.321. The van der Waals surface area contributed by atoms with Crippen molar-refractivity contribution >= 4 is 34.9 Å². The second-order valence-corrected chi connectivity index (χ2v) is 6.34. The molecule has 25 heavy (non-hydrogen) atoms. The average Bonchev–Trinajstić information content (AvgIpc) is 2.89. The van der Waals surface area contributed by atoms with Crippen LogP contribution in [0.4, 0.5) is 10.2 Å². The summed E-state index contributed by atoms with van der Waals surface area (Å²) in [7, 11) is 0. The Kier molecular flexibility index (Phi) is 5.06. The van der Waals surface area contributed by atoms with E-state index in [4.69, 9.17) is 23.2 Å². The molecule has 7 heteroatoms. The van der Waals surface area contributed by atoms with Crippen LogP contribution in [-0.4, -0.2) is 15.7 Å². The fraction of sp³-hybridized carbons (Fsp3) is 0.111. The Labute approximate surface area is 154 Å². The van der Waals surface area contributed by atoms with E-state index < -0.39 is 5.91 Å². The second kappa shape index (κ2) is 7.25. The van der Waals surface area contributed by atoms with Gasteiger partial charge in [-0.05, 0) is 31.2 Å². The molecule has 0 saturated carbocycles. The quantitative estimate of drug-likeness (QED) is 0.699. The molecule has 2 aromatic carbocycles. The molecule has 4 nitrogen and oxygen atoms in total. The van der Waals surface area contributed by atoms with Crippen LogP contribution in [0.25, 0.3) is 0 Å². The van der Waals surface area contributed by atoms with Crippen molar-refractivity contribution in [2.45, 2.75) is 13.5 Å². The second-order valence-electron chi connectivity index (χ2n) is 5.50. The minimum atomic E-state index is -0.391. The number of nitrogens with one attached hydrogen (secondary N) is 1. The van der Waals surface area contributed by atoms with E-state index in [9.17, 15) is 9.18 Å². The molecule has 0 spiro atoms. The third-order valence-electron chi connectivity index (χ3n) is 3.68. The molecule has 0 unspecified atom stereocenters. The first-order chi connectivity index (χ1) is 11.9. The fourth-order valence-electron chi connectivity index (χ4n) is 2.38. The molecule has 3 rings (SSSR count). The summed E-state index contributed by atoms with van der Waals surface area (Å²) in [6.45, 7) is 2.11. The van der Waals surface area contributed by atoms with E-state index in [1.165, 1.54) is 12.1 Å². The van der Waals surface area contributed by atoms with Gasteiger partial charge in [-0.15, -0.1) is 0 Å². The number of carbonyl (C=O) groups is 1. The standard InChI is InChI=1S/C18H14Cl2FN3O/c1-11-8-17(22-18(25)14-7-6-13(19)9-15(14)20)23-24(11)10-12-4-2-3-5-16(12)21/h2-9H,10H2,1H3,(H,22,23,25). The van der Waals surface area contributed by atoms with Gasteiger partial charge < -0.3 is 5.32 Å². The van der Waals surface area contributed by atoms with Crippen LogP contribution in [0, 0.1) is 12.7 Å². The van der Waals surface area contributed by atoms with Gasteiger partial charge in [-0.2, -0.15) is 5.10 Å². The molecule has 0 radical (unpaired) electrons. The molecule has 0 aliphatic heterocycles. The lowest BCUT2D eigenvalue weighted by atomic mass is 10.2. The molecule has 0 fully saturated rings. The number of hydrogen-bond donors (Lipinski definition) is 1. The third-order valence-corrected chi connectivity index (χ3v) is 4.22. The number of anilines is 1. The maximum absolute atomic E-state index is 13.8. The summed E-state index contributed by atoms with van der Waals surface area (Å²) in [6, 6.07) is 12.8. The summed E-state index contributed by atoms with van der Waals surface area (Å²) in [5, 5.41) is 7.70. The van der Waals surface area contributed by atoms with E-state index in [0.717, 1.165) is 5.69 Å². The Morgan fingerprint density at radius 1 is 1.20 bits per heavy atom. The van der Waals surface area contributed by atoms with Gasteiger partial charge in [0.25, 0.3) is 5.91 Å². The number of nitrogens with zero attached hydrogens (tertiary/aromatic N) is 2. The molecule has 0 aliphatic carbocycles. The number of rotatable bonds is 4. The molecule has 1 N–H and O–H groups in total. The Balaban J connectivity index is 1.78. The Bertz CT molecular complexity index is 940. The van der Waals surface area contributed by atoms with Crippen LogP contribution in [0.2, 0.25) is 10.0 Å². The summed E-state index contributed by atoms with van der Waals surface area (Å²) in [4.78, 5) is 12.3. The molecule has 3 aromatic rings. The van der Waals surface area contributed by atoms with Gasteiger partial charge in [0, 0.05) is 22.3 Å². The number of hydrogen-bond acceptors (Lipinski definition) is 2. The lowest BCUT2D eigenvalue weighted by Gasteiger charge is -2.06. The fourth-order valence-corrected chi connectivity index (χ4v) is 2.87. The van der Waals surface area contributed by atoms with Crippen LogP contribution in [0.3, 0.4) is 0 Å². The first kappa shape index (κ1) is 17.5. The Morgan fingerprint density at radius 2 is 1.96 bits per heavy atom. The van der Waals surface area contributed by atoms with E-state index >= 15 is 0 Å². The lowest BCUT2D eigenvalue weighted by molar-refractivity contribution is 0.102. The highest BCUT2D eigenvalue weighted by Gasteiger charge is 2.14. The normalized spacial score (nSPS) is 10.7. The van der Waals surface area contributed by atoms with Gasteiger partial charge in [0.05, 0.1) is 17.1 Å². The van der Waals surface area contributed by atoms with Crippen LogP contribution in [-0.2, 0) is 6.54 Å². The van der Waals surface area contributed by atoms with Crippen molar-refractivity contribution in [3.05, 3.63) is 81.2 Å². The number of aryl methyl sites for hydroxylation is 1. The average molecular weight is 378 g/mol. The molecule has 128 valence electrons. The summed E-state index contributed by atoms with van der Waals surface area (Å²) in [6.07, 6.45) is 0. The SMILES string of the molecule is Cc1cc(NC(=O)c2ccc(Cl)cc2Cl)nn1Cc1ccccc1F. The van der Waals surface area contributed by atoms with Gasteiger partial charge in [-0.1, -0.05) is 41.4 Å². The van der Waals surface area contributed by atoms with Gasteiger partial charge in [0.2, 0.25) is 0 Å². The van der Waals surface area contributed by atoms with E-state index in [-0.39, 0.29) is 17.4 Å². The summed E-state index contributed by atoms with van der Waals surface area (Å²) in [5.41, 5.74) is 1.61. The number of carbonyl (C=O) groups excluding carboxylic acids is 1. The molecule has 1 amide bonds. The topological polar surface area (TPSA) is 46.9 Å². The van der Waals surface area contributed by atoms with Gasteiger partial charge in [0.15, 0.2) is 5.82 Å². The van der Waals surface area contributed by atoms with E-state index in [1.54, 1.807) is 41.1 Å². The number of amides is 1. The van der Waals surface area contributed by atoms with Crippen molar-refractivity contribution in [1.82, 2.24) is 9.78 Å². The van der Waals surface area contributed by atoms with Crippen molar-refractivity contribution in [2.24, 2.45) is 0 Å². The van der Waals surface area contributed by atoms with Crippen LogP contribution < -0.4 is 5.32 Å². The molecule has 0 saturated heterocycles. The van der Waals surface area contributed by atoms with Gasteiger partial charge in [-0.3, -0.25) is 9.48 Å². The number of halogens is 3. The molecule has 1 aromatic heterocycles. The van der Waals surface area contributed by atoms with Crippen molar-refractivity contribution in [2.75, 3.05) is 5.32 Å². The molecule has 0 bridgehead atoms. The maximum Gasteiger partial charge on any atom is 0.258 e. The minimum Gasteiger partial charge on any atom is -0.305 e. The maximum atomic E-state index is 13.8. The zero-order valence-corrected chi connectivity index (χ0v) is 14.8. The minimum absolute atomic E-state index is 0.257. The van der Waals surface area contributed by atoms with Gasteiger partial charge in [0.1, 0.15) is 5.82 Å². The zero-order chi connectivity index (χ0) is 18.0. The molecule has 1 heterocycles. The molecule has 0 atom stereocenters. The van der Waals surface area contributed by atoms with Gasteiger partial charge >= 0.3 is 0 Å². The number of aromatic nitrogens is 2. The number of benzene rings is 2. The highest BCUT2D eigenvalue weighted by Crippen LogP contribution is 2.22. The zero-order valence-electron chi connectivity index (χ0n) is 13.3. The molecular formula is C18H14Cl2FN3O. The smallest absolute Gasteiger partial charge is 0.258 e. The third kappa shape index (κ3) is 4.00. The van der Waals surface area contributed by atoms with Crippen molar-refractivity contribution in [3.63, 3.8) is 0 Å².